The predicted molar refractivity (Wildman–Crippen MR) is 89.7 cm³/mol. The van der Waals surface area contributed by atoms with Crippen molar-refractivity contribution in [3.63, 3.8) is 0 Å². The third-order valence-electron chi connectivity index (χ3n) is 3.77. The summed E-state index contributed by atoms with van der Waals surface area (Å²) in [6, 6.07) is 9.68. The number of aryl methyl sites for hydroxylation is 1. The van der Waals surface area contributed by atoms with Crippen molar-refractivity contribution in [3.8, 4) is 0 Å². The van der Waals surface area contributed by atoms with Gasteiger partial charge in [-0.2, -0.15) is 0 Å². The van der Waals surface area contributed by atoms with Crippen molar-refractivity contribution in [1.29, 1.82) is 0 Å². The Balaban J connectivity index is 2.05. The molecular formula is C17H28N4. The van der Waals surface area contributed by atoms with E-state index in [0.717, 1.165) is 19.0 Å². The van der Waals surface area contributed by atoms with Crippen molar-refractivity contribution < 1.29 is 0 Å². The molecule has 4 heteroatoms. The number of nitrogens with zero attached hydrogens (tertiary/aromatic N) is 2. The summed E-state index contributed by atoms with van der Waals surface area (Å²) in [5, 5.41) is 6.80. The Morgan fingerprint density at radius 2 is 1.95 bits per heavy atom. The molecule has 0 spiro atoms. The summed E-state index contributed by atoms with van der Waals surface area (Å²) in [4.78, 5) is 7.00. The van der Waals surface area contributed by atoms with Crippen LogP contribution in [0.15, 0.2) is 29.3 Å². The molecule has 4 nitrogen and oxygen atoms in total. The Morgan fingerprint density at radius 3 is 2.48 bits per heavy atom. The second-order valence-corrected chi connectivity index (χ2v) is 6.03. The summed E-state index contributed by atoms with van der Waals surface area (Å²) in [7, 11) is 4.22. The SMILES string of the molecule is CCNC(=NCC(c1ccc(C)cc1)N(C)C)NC1CC1. The number of rotatable bonds is 6. The number of guanidine groups is 1. The highest BCUT2D eigenvalue weighted by Gasteiger charge is 2.22. The molecule has 1 saturated carbocycles. The van der Waals surface area contributed by atoms with Crippen LogP contribution in [-0.2, 0) is 0 Å². The zero-order chi connectivity index (χ0) is 15.2. The van der Waals surface area contributed by atoms with E-state index in [9.17, 15) is 0 Å². The summed E-state index contributed by atoms with van der Waals surface area (Å²) < 4.78 is 0. The van der Waals surface area contributed by atoms with Gasteiger partial charge in [-0.15, -0.1) is 0 Å². The number of benzene rings is 1. The number of nitrogens with one attached hydrogen (secondary N) is 2. The van der Waals surface area contributed by atoms with Gasteiger partial charge in [-0.25, -0.2) is 0 Å². The van der Waals surface area contributed by atoms with Gasteiger partial charge in [-0.3, -0.25) is 4.99 Å². The first-order chi connectivity index (χ1) is 10.1. The first-order valence-electron chi connectivity index (χ1n) is 7.88. The Hall–Kier alpha value is -1.55. The minimum Gasteiger partial charge on any atom is -0.357 e. The maximum absolute atomic E-state index is 4.77. The standard InChI is InChI=1S/C17H28N4/c1-5-18-17(20-15-10-11-15)19-12-16(21(3)4)14-8-6-13(2)7-9-14/h6-9,15-16H,5,10-12H2,1-4H3,(H2,18,19,20). The fourth-order valence-corrected chi connectivity index (χ4v) is 2.27. The van der Waals surface area contributed by atoms with Crippen LogP contribution < -0.4 is 10.6 Å². The molecule has 0 bridgehead atoms. The van der Waals surface area contributed by atoms with E-state index in [1.54, 1.807) is 0 Å². The van der Waals surface area contributed by atoms with Gasteiger partial charge in [0.05, 0.1) is 12.6 Å². The average molecular weight is 288 g/mol. The van der Waals surface area contributed by atoms with E-state index in [-0.39, 0.29) is 0 Å². The van der Waals surface area contributed by atoms with Crippen LogP contribution in [-0.4, -0.2) is 44.1 Å². The molecule has 0 aliphatic heterocycles. The number of hydrogen-bond donors (Lipinski definition) is 2. The van der Waals surface area contributed by atoms with E-state index in [1.165, 1.54) is 24.0 Å². The summed E-state index contributed by atoms with van der Waals surface area (Å²) in [6.45, 7) is 5.89. The van der Waals surface area contributed by atoms with Gasteiger partial charge in [0, 0.05) is 12.6 Å². The molecule has 1 atom stereocenters. The van der Waals surface area contributed by atoms with Crippen molar-refractivity contribution in [1.82, 2.24) is 15.5 Å². The highest BCUT2D eigenvalue weighted by Crippen LogP contribution is 2.20. The topological polar surface area (TPSA) is 39.7 Å². The molecule has 1 aromatic rings. The minimum atomic E-state index is 0.306. The van der Waals surface area contributed by atoms with Crippen molar-refractivity contribution in [3.05, 3.63) is 35.4 Å². The molecule has 0 aromatic heterocycles. The summed E-state index contributed by atoms with van der Waals surface area (Å²) >= 11 is 0. The van der Waals surface area contributed by atoms with Crippen LogP contribution in [0.3, 0.4) is 0 Å². The van der Waals surface area contributed by atoms with Gasteiger partial charge < -0.3 is 15.5 Å². The summed E-state index contributed by atoms with van der Waals surface area (Å²) in [6.07, 6.45) is 2.53. The molecule has 21 heavy (non-hydrogen) atoms. The molecule has 0 radical (unpaired) electrons. The lowest BCUT2D eigenvalue weighted by molar-refractivity contribution is 0.306. The highest BCUT2D eigenvalue weighted by atomic mass is 15.2. The molecule has 1 aromatic carbocycles. The molecule has 0 saturated heterocycles. The van der Waals surface area contributed by atoms with Crippen molar-refractivity contribution in [2.75, 3.05) is 27.2 Å². The lowest BCUT2D eigenvalue weighted by Crippen LogP contribution is -2.39. The highest BCUT2D eigenvalue weighted by molar-refractivity contribution is 5.80. The summed E-state index contributed by atoms with van der Waals surface area (Å²) in [5.74, 6) is 0.943. The maximum atomic E-state index is 4.77. The smallest absolute Gasteiger partial charge is 0.191 e. The second-order valence-electron chi connectivity index (χ2n) is 6.03. The van der Waals surface area contributed by atoms with E-state index >= 15 is 0 Å². The predicted octanol–water partition coefficient (Wildman–Crippen LogP) is 2.32. The van der Waals surface area contributed by atoms with Gasteiger partial charge in [0.1, 0.15) is 0 Å². The molecule has 0 heterocycles. The zero-order valence-electron chi connectivity index (χ0n) is 13.7. The molecule has 2 N–H and O–H groups in total. The van der Waals surface area contributed by atoms with E-state index < -0.39 is 0 Å². The molecular weight excluding hydrogens is 260 g/mol. The van der Waals surface area contributed by atoms with Gasteiger partial charge in [-0.1, -0.05) is 29.8 Å². The van der Waals surface area contributed by atoms with Crippen molar-refractivity contribution >= 4 is 5.96 Å². The Kier molecular flexibility index (Phi) is 5.62. The van der Waals surface area contributed by atoms with E-state index in [0.29, 0.717) is 12.1 Å². The Bertz CT molecular complexity index is 460. The molecule has 0 amide bonds. The van der Waals surface area contributed by atoms with Gasteiger partial charge in [-0.05, 0) is 46.3 Å². The zero-order valence-corrected chi connectivity index (χ0v) is 13.7. The fourth-order valence-electron chi connectivity index (χ4n) is 2.27. The third kappa shape index (κ3) is 5.05. The second kappa shape index (κ2) is 7.46. The monoisotopic (exact) mass is 288 g/mol. The minimum absolute atomic E-state index is 0.306. The molecule has 1 aliphatic rings. The largest absolute Gasteiger partial charge is 0.357 e. The number of likely N-dealkylation sites (N-methyl/N-ethyl adjacent to an activating group) is 1. The lowest BCUT2D eigenvalue weighted by atomic mass is 10.0. The molecule has 116 valence electrons. The summed E-state index contributed by atoms with van der Waals surface area (Å²) in [5.41, 5.74) is 2.61. The van der Waals surface area contributed by atoms with Crippen molar-refractivity contribution in [2.45, 2.75) is 38.8 Å². The molecule has 1 unspecified atom stereocenters. The molecule has 1 fully saturated rings. The normalized spacial score (nSPS) is 16.9. The Morgan fingerprint density at radius 1 is 1.29 bits per heavy atom. The first-order valence-corrected chi connectivity index (χ1v) is 7.88. The van der Waals surface area contributed by atoms with Crippen LogP contribution in [0.2, 0.25) is 0 Å². The molecule has 1 aliphatic carbocycles. The van der Waals surface area contributed by atoms with Crippen LogP contribution in [0.4, 0.5) is 0 Å². The van der Waals surface area contributed by atoms with E-state index in [4.69, 9.17) is 4.99 Å². The van der Waals surface area contributed by atoms with Gasteiger partial charge in [0.2, 0.25) is 0 Å². The third-order valence-corrected chi connectivity index (χ3v) is 3.77. The van der Waals surface area contributed by atoms with Crippen LogP contribution >= 0.6 is 0 Å². The van der Waals surface area contributed by atoms with Crippen LogP contribution in [0.5, 0.6) is 0 Å². The van der Waals surface area contributed by atoms with Crippen molar-refractivity contribution in [2.24, 2.45) is 4.99 Å². The maximum Gasteiger partial charge on any atom is 0.191 e. The quantitative estimate of drug-likeness (QED) is 0.623. The fraction of sp³-hybridized carbons (Fsp3) is 0.588. The van der Waals surface area contributed by atoms with Gasteiger partial charge >= 0.3 is 0 Å². The lowest BCUT2D eigenvalue weighted by Gasteiger charge is -2.24. The van der Waals surface area contributed by atoms with Crippen LogP contribution in [0.1, 0.15) is 36.9 Å². The average Bonchev–Trinajstić information content (AvgIpc) is 3.24. The first kappa shape index (κ1) is 15.8. The van der Waals surface area contributed by atoms with E-state index in [2.05, 4.69) is 67.7 Å². The molecule has 2 rings (SSSR count). The Labute approximate surface area is 128 Å². The van der Waals surface area contributed by atoms with E-state index in [1.807, 2.05) is 0 Å². The van der Waals surface area contributed by atoms with Gasteiger partial charge in [0.15, 0.2) is 5.96 Å². The number of hydrogen-bond acceptors (Lipinski definition) is 2. The number of aliphatic imine (C=N–C) groups is 1. The van der Waals surface area contributed by atoms with Crippen LogP contribution in [0.25, 0.3) is 0 Å². The van der Waals surface area contributed by atoms with Gasteiger partial charge in [0.25, 0.3) is 0 Å². The van der Waals surface area contributed by atoms with Crippen LogP contribution in [0, 0.1) is 6.92 Å².